The fourth-order valence-corrected chi connectivity index (χ4v) is 5.87. The predicted octanol–water partition coefficient (Wildman–Crippen LogP) is 4.45. The number of carbonyl (C=O) groups is 3. The van der Waals surface area contributed by atoms with Gasteiger partial charge >= 0.3 is 5.97 Å². The minimum Gasteiger partial charge on any atom is -0.469 e. The fraction of sp³-hybridized carbons (Fsp3) is 0.207. The zero-order valence-electron chi connectivity index (χ0n) is 18.8. The number of nitrogens with one attached hydrogen (secondary N) is 1. The summed E-state index contributed by atoms with van der Waals surface area (Å²) in [6.07, 6.45) is 3.20. The minimum atomic E-state index is -1.32. The van der Waals surface area contributed by atoms with Crippen molar-refractivity contribution in [2.24, 2.45) is 11.8 Å². The molecular formula is C29H25NO4. The molecule has 5 rings (SSSR count). The molecule has 5 heteroatoms. The third-order valence-corrected chi connectivity index (χ3v) is 7.15. The predicted molar refractivity (Wildman–Crippen MR) is 129 cm³/mol. The lowest BCUT2D eigenvalue weighted by molar-refractivity contribution is -0.154. The molecule has 1 N–H and O–H groups in total. The molecule has 3 aromatic carbocycles. The molecule has 0 aromatic heterocycles. The molecule has 0 radical (unpaired) electrons. The second-order valence-corrected chi connectivity index (χ2v) is 8.85. The smallest absolute Gasteiger partial charge is 0.310 e. The number of methoxy groups -OCH3 is 1. The van der Waals surface area contributed by atoms with Crippen LogP contribution in [0, 0.1) is 11.8 Å². The van der Waals surface area contributed by atoms with Gasteiger partial charge < -0.3 is 10.1 Å². The van der Waals surface area contributed by atoms with Gasteiger partial charge in [0.2, 0.25) is 5.91 Å². The molecule has 2 aliphatic rings. The van der Waals surface area contributed by atoms with E-state index in [9.17, 15) is 14.4 Å². The van der Waals surface area contributed by atoms with Crippen molar-refractivity contribution >= 4 is 23.9 Å². The van der Waals surface area contributed by atoms with Gasteiger partial charge in [-0.3, -0.25) is 14.4 Å². The number of ether oxygens (including phenoxy) is 1. The highest BCUT2D eigenvalue weighted by Crippen LogP contribution is 2.59. The Labute approximate surface area is 198 Å². The number of allylic oxidation sites excluding steroid dienone is 2. The number of aldehydes is 1. The van der Waals surface area contributed by atoms with E-state index in [1.165, 1.54) is 7.11 Å². The first-order valence-electron chi connectivity index (χ1n) is 11.4. The second kappa shape index (κ2) is 8.75. The van der Waals surface area contributed by atoms with E-state index in [1.54, 1.807) is 0 Å². The summed E-state index contributed by atoms with van der Waals surface area (Å²) in [4.78, 5) is 40.1. The Morgan fingerprint density at radius 2 is 1.62 bits per heavy atom. The van der Waals surface area contributed by atoms with Gasteiger partial charge in [-0.15, -0.1) is 0 Å². The van der Waals surface area contributed by atoms with E-state index in [2.05, 4.69) is 5.32 Å². The number of carbonyl (C=O) groups excluding carboxylic acids is 3. The molecule has 1 heterocycles. The van der Waals surface area contributed by atoms with Crippen LogP contribution in [0.2, 0.25) is 0 Å². The maximum Gasteiger partial charge on any atom is 0.310 e. The molecule has 1 aliphatic carbocycles. The van der Waals surface area contributed by atoms with E-state index in [4.69, 9.17) is 4.74 Å². The van der Waals surface area contributed by atoms with Crippen LogP contribution in [0.1, 0.15) is 22.6 Å². The molecule has 1 spiro atoms. The normalized spacial score (nSPS) is 25.3. The molecule has 0 saturated heterocycles. The Morgan fingerprint density at radius 1 is 0.971 bits per heavy atom. The Hall–Kier alpha value is -3.99. The first-order valence-corrected chi connectivity index (χ1v) is 11.4. The van der Waals surface area contributed by atoms with Gasteiger partial charge in [-0.25, -0.2) is 0 Å². The maximum absolute atomic E-state index is 14.0. The number of rotatable bonds is 5. The van der Waals surface area contributed by atoms with Crippen molar-refractivity contribution < 1.29 is 19.1 Å². The van der Waals surface area contributed by atoms with Gasteiger partial charge in [0.25, 0.3) is 0 Å². The number of fused-ring (bicyclic) bond motifs is 2. The summed E-state index contributed by atoms with van der Waals surface area (Å²) in [5.74, 6) is -2.62. The molecule has 0 saturated carbocycles. The van der Waals surface area contributed by atoms with Gasteiger partial charge in [-0.05, 0) is 40.7 Å². The first-order chi connectivity index (χ1) is 16.6. The third-order valence-electron chi connectivity index (χ3n) is 7.15. The SMILES string of the molecule is COC(=O)C1C(Cc2ccccc2)C=C(C=O)C(c2ccccc2)C12C(=O)Nc1ccccc12. The molecule has 34 heavy (non-hydrogen) atoms. The van der Waals surface area contributed by atoms with Crippen LogP contribution in [-0.4, -0.2) is 25.3 Å². The van der Waals surface area contributed by atoms with Gasteiger partial charge in [-0.2, -0.15) is 0 Å². The third kappa shape index (κ3) is 3.27. The minimum absolute atomic E-state index is 0.288. The zero-order chi connectivity index (χ0) is 23.7. The summed E-state index contributed by atoms with van der Waals surface area (Å²) < 4.78 is 5.32. The molecule has 0 fully saturated rings. The summed E-state index contributed by atoms with van der Waals surface area (Å²) in [7, 11) is 1.35. The van der Waals surface area contributed by atoms with Gasteiger partial charge in [-0.1, -0.05) is 84.9 Å². The summed E-state index contributed by atoms with van der Waals surface area (Å²) >= 11 is 0. The summed E-state index contributed by atoms with van der Waals surface area (Å²) in [5.41, 5.74) is 2.37. The number of amides is 1. The second-order valence-electron chi connectivity index (χ2n) is 8.85. The summed E-state index contributed by atoms with van der Waals surface area (Å²) in [5, 5.41) is 3.01. The Bertz CT molecular complexity index is 1270. The highest BCUT2D eigenvalue weighted by atomic mass is 16.5. The number of para-hydroxylation sites is 1. The molecular weight excluding hydrogens is 426 g/mol. The number of hydrogen-bond acceptors (Lipinski definition) is 4. The lowest BCUT2D eigenvalue weighted by atomic mass is 9.52. The van der Waals surface area contributed by atoms with Crippen molar-refractivity contribution in [1.29, 1.82) is 0 Å². The summed E-state index contributed by atoms with van der Waals surface area (Å²) in [6.45, 7) is 0. The van der Waals surface area contributed by atoms with Crippen molar-refractivity contribution in [1.82, 2.24) is 0 Å². The van der Waals surface area contributed by atoms with E-state index in [-0.39, 0.29) is 5.91 Å². The molecule has 3 aromatic rings. The van der Waals surface area contributed by atoms with Crippen LogP contribution in [0.25, 0.3) is 0 Å². The molecule has 170 valence electrons. The lowest BCUT2D eigenvalue weighted by Gasteiger charge is -2.47. The van der Waals surface area contributed by atoms with Crippen LogP contribution in [0.15, 0.2) is 96.6 Å². The Balaban J connectivity index is 1.82. The van der Waals surface area contributed by atoms with Crippen LogP contribution in [0.4, 0.5) is 5.69 Å². The van der Waals surface area contributed by atoms with E-state index in [1.807, 2.05) is 91.0 Å². The van der Waals surface area contributed by atoms with Crippen LogP contribution >= 0.6 is 0 Å². The standard InChI is InChI=1S/C29H25NO4/c1-34-27(32)26-21(16-19-10-4-2-5-11-19)17-22(18-31)25(20-12-6-3-7-13-20)29(26)23-14-8-9-15-24(23)30-28(29)33/h2-15,17-18,21,25-26H,16H2,1H3,(H,30,33). The van der Waals surface area contributed by atoms with Crippen molar-refractivity contribution in [2.75, 3.05) is 12.4 Å². The van der Waals surface area contributed by atoms with Crippen molar-refractivity contribution in [3.05, 3.63) is 113 Å². The van der Waals surface area contributed by atoms with Crippen LogP contribution < -0.4 is 5.32 Å². The molecule has 5 nitrogen and oxygen atoms in total. The van der Waals surface area contributed by atoms with Crippen LogP contribution in [-0.2, 0) is 31.0 Å². The quantitative estimate of drug-likeness (QED) is 0.460. The average Bonchev–Trinajstić information content (AvgIpc) is 3.16. The van der Waals surface area contributed by atoms with Crippen LogP contribution in [0.5, 0.6) is 0 Å². The van der Waals surface area contributed by atoms with E-state index >= 15 is 0 Å². The van der Waals surface area contributed by atoms with E-state index in [0.29, 0.717) is 17.7 Å². The average molecular weight is 452 g/mol. The highest BCUT2D eigenvalue weighted by molar-refractivity contribution is 6.11. The number of benzene rings is 3. The van der Waals surface area contributed by atoms with Gasteiger partial charge in [0, 0.05) is 11.6 Å². The topological polar surface area (TPSA) is 72.5 Å². The maximum atomic E-state index is 14.0. The van der Waals surface area contributed by atoms with Gasteiger partial charge in [0.1, 0.15) is 11.7 Å². The Kier molecular flexibility index (Phi) is 5.62. The molecule has 4 atom stereocenters. The van der Waals surface area contributed by atoms with E-state index in [0.717, 1.165) is 23.0 Å². The largest absolute Gasteiger partial charge is 0.469 e. The lowest BCUT2D eigenvalue weighted by Crippen LogP contribution is -2.55. The molecule has 0 bridgehead atoms. The van der Waals surface area contributed by atoms with Crippen molar-refractivity contribution in [2.45, 2.75) is 17.8 Å². The molecule has 4 unspecified atom stereocenters. The molecule has 1 amide bonds. The van der Waals surface area contributed by atoms with Crippen molar-refractivity contribution in [3.8, 4) is 0 Å². The Morgan fingerprint density at radius 3 is 2.29 bits per heavy atom. The highest BCUT2D eigenvalue weighted by Gasteiger charge is 2.64. The zero-order valence-corrected chi connectivity index (χ0v) is 18.8. The molecule has 1 aliphatic heterocycles. The number of anilines is 1. The number of esters is 1. The van der Waals surface area contributed by atoms with Crippen molar-refractivity contribution in [3.63, 3.8) is 0 Å². The number of hydrogen-bond donors (Lipinski definition) is 1. The monoisotopic (exact) mass is 451 g/mol. The van der Waals surface area contributed by atoms with Gasteiger partial charge in [0.05, 0.1) is 13.0 Å². The summed E-state index contributed by atoms with van der Waals surface area (Å²) in [6, 6.07) is 26.7. The van der Waals surface area contributed by atoms with Gasteiger partial charge in [0.15, 0.2) is 0 Å². The first kappa shape index (κ1) is 21.8. The fourth-order valence-electron chi connectivity index (χ4n) is 5.87. The van der Waals surface area contributed by atoms with E-state index < -0.39 is 29.1 Å². The van der Waals surface area contributed by atoms with Crippen LogP contribution in [0.3, 0.4) is 0 Å².